The Kier molecular flexibility index (Phi) is 5.05. The molecule has 3 aliphatic heterocycles. The predicted octanol–water partition coefficient (Wildman–Crippen LogP) is -1.55. The number of quaternary nitrogens is 2. The Balaban J connectivity index is 1.63. The van der Waals surface area contributed by atoms with E-state index >= 15 is 0 Å². The predicted molar refractivity (Wildman–Crippen MR) is 83.4 cm³/mol. The molecule has 3 rings (SSSR count). The van der Waals surface area contributed by atoms with Crippen LogP contribution in [0, 0.1) is 0 Å². The Bertz CT molecular complexity index is 380. The lowest BCUT2D eigenvalue weighted by Gasteiger charge is -2.53. The standard InChI is InChI=1S/C14H29N6O/c1-19-6-9-20(10-7-19,11-8-19)12-13(21)17-4-2-3-5-18-14(15)16/h2-12H2,1H3,(H4-,15,16,17,18,21)/q+1/p+1. The highest BCUT2D eigenvalue weighted by atomic mass is 16.2. The molecule has 0 atom stereocenters. The van der Waals surface area contributed by atoms with Crippen molar-refractivity contribution < 1.29 is 13.8 Å². The topological polar surface area (TPSA) is 93.5 Å². The molecule has 0 radical (unpaired) electrons. The smallest absolute Gasteiger partial charge is 0.275 e. The fourth-order valence-electron chi connectivity index (χ4n) is 3.30. The molecule has 3 aliphatic rings. The minimum absolute atomic E-state index is 0.135. The summed E-state index contributed by atoms with van der Waals surface area (Å²) in [5, 5.41) is 3.03. The van der Waals surface area contributed by atoms with Crippen LogP contribution in [0.25, 0.3) is 0 Å². The lowest BCUT2D eigenvalue weighted by molar-refractivity contribution is -1.07. The highest BCUT2D eigenvalue weighted by Crippen LogP contribution is 2.24. The van der Waals surface area contributed by atoms with Crippen molar-refractivity contribution in [1.29, 1.82) is 0 Å². The van der Waals surface area contributed by atoms with E-state index in [1.807, 2.05) is 0 Å². The quantitative estimate of drug-likeness (QED) is 0.230. The molecule has 21 heavy (non-hydrogen) atoms. The van der Waals surface area contributed by atoms with Crippen molar-refractivity contribution >= 4 is 11.9 Å². The van der Waals surface area contributed by atoms with Crippen molar-refractivity contribution in [2.24, 2.45) is 16.5 Å². The number of aliphatic imine (C=N–C) groups is 1. The van der Waals surface area contributed by atoms with E-state index in [2.05, 4.69) is 17.4 Å². The van der Waals surface area contributed by atoms with Gasteiger partial charge in [0.25, 0.3) is 5.91 Å². The summed E-state index contributed by atoms with van der Waals surface area (Å²) in [5.41, 5.74) is 10.5. The molecule has 7 nitrogen and oxygen atoms in total. The molecule has 2 bridgehead atoms. The lowest BCUT2D eigenvalue weighted by Crippen LogP contribution is -2.74. The van der Waals surface area contributed by atoms with Crippen LogP contribution in [0.15, 0.2) is 4.99 Å². The SMILES string of the molecule is C[N+]12CC[N+](CC(=O)NCCCCN=C(N)N)(CC1)CC2. The number of guanidine groups is 1. The number of carbonyl (C=O) groups excluding carboxylic acids is 1. The molecule has 0 aromatic heterocycles. The molecule has 7 heteroatoms. The number of piperazine rings is 3. The van der Waals surface area contributed by atoms with E-state index in [4.69, 9.17) is 11.5 Å². The summed E-state index contributed by atoms with van der Waals surface area (Å²) in [6, 6.07) is 0. The summed E-state index contributed by atoms with van der Waals surface area (Å²) in [7, 11) is 2.34. The minimum Gasteiger partial charge on any atom is -0.370 e. The fraction of sp³-hybridized carbons (Fsp3) is 0.857. The normalized spacial score (nSPS) is 30.9. The zero-order valence-electron chi connectivity index (χ0n) is 13.2. The Morgan fingerprint density at radius 1 is 1.10 bits per heavy atom. The van der Waals surface area contributed by atoms with Gasteiger partial charge in [0.05, 0.1) is 7.05 Å². The number of unbranched alkanes of at least 4 members (excludes halogenated alkanes) is 1. The molecular formula is C14H30N6O+2. The summed E-state index contributed by atoms with van der Waals surface area (Å²) in [6.07, 6.45) is 1.81. The summed E-state index contributed by atoms with van der Waals surface area (Å²) in [5.74, 6) is 0.324. The molecule has 0 aromatic carbocycles. The number of fused-ring (bicyclic) bond motifs is 3. The van der Waals surface area contributed by atoms with Gasteiger partial charge in [-0.1, -0.05) is 0 Å². The van der Waals surface area contributed by atoms with Crippen molar-refractivity contribution in [2.45, 2.75) is 12.8 Å². The molecule has 0 saturated carbocycles. The van der Waals surface area contributed by atoms with Gasteiger partial charge in [-0.15, -0.1) is 0 Å². The van der Waals surface area contributed by atoms with Gasteiger partial charge in [0.2, 0.25) is 0 Å². The number of likely N-dealkylation sites (N-methyl/N-ethyl adjacent to an activating group) is 1. The molecule has 0 aliphatic carbocycles. The molecule has 3 heterocycles. The fourth-order valence-corrected chi connectivity index (χ4v) is 3.30. The van der Waals surface area contributed by atoms with Gasteiger partial charge < -0.3 is 25.8 Å². The largest absolute Gasteiger partial charge is 0.370 e. The number of nitrogens with zero attached hydrogens (tertiary/aromatic N) is 3. The van der Waals surface area contributed by atoms with Crippen molar-refractivity contribution in [3.8, 4) is 0 Å². The second-order valence-electron chi connectivity index (χ2n) is 6.82. The Labute approximate surface area is 127 Å². The molecule has 1 amide bonds. The molecule has 3 fully saturated rings. The summed E-state index contributed by atoms with van der Waals surface area (Å²) in [6.45, 7) is 9.08. The second-order valence-corrected chi connectivity index (χ2v) is 6.82. The maximum atomic E-state index is 12.1. The summed E-state index contributed by atoms with van der Waals surface area (Å²) >= 11 is 0. The molecule has 3 saturated heterocycles. The van der Waals surface area contributed by atoms with Gasteiger partial charge >= 0.3 is 0 Å². The van der Waals surface area contributed by atoms with Crippen LogP contribution in [0.1, 0.15) is 12.8 Å². The van der Waals surface area contributed by atoms with Crippen LogP contribution >= 0.6 is 0 Å². The van der Waals surface area contributed by atoms with Crippen molar-refractivity contribution in [2.75, 3.05) is 66.0 Å². The first kappa shape index (κ1) is 16.0. The zero-order valence-corrected chi connectivity index (χ0v) is 13.2. The van der Waals surface area contributed by atoms with Crippen molar-refractivity contribution in [1.82, 2.24) is 5.32 Å². The monoisotopic (exact) mass is 298 g/mol. The molecular weight excluding hydrogens is 268 g/mol. The van der Waals surface area contributed by atoms with Crippen LogP contribution in [0.2, 0.25) is 0 Å². The summed E-state index contributed by atoms with van der Waals surface area (Å²) < 4.78 is 2.19. The number of carbonyl (C=O) groups is 1. The van der Waals surface area contributed by atoms with Gasteiger partial charge in [-0.2, -0.15) is 0 Å². The van der Waals surface area contributed by atoms with Crippen LogP contribution in [-0.4, -0.2) is 86.8 Å². The maximum absolute atomic E-state index is 12.1. The van der Waals surface area contributed by atoms with Crippen LogP contribution in [0.5, 0.6) is 0 Å². The molecule has 5 N–H and O–H groups in total. The third-order valence-electron chi connectivity index (χ3n) is 5.02. The second kappa shape index (κ2) is 6.62. The van der Waals surface area contributed by atoms with Gasteiger partial charge in [0.1, 0.15) is 39.3 Å². The first-order chi connectivity index (χ1) is 9.93. The van der Waals surface area contributed by atoms with Gasteiger partial charge in [0, 0.05) is 13.1 Å². The van der Waals surface area contributed by atoms with Gasteiger partial charge in [-0.05, 0) is 12.8 Å². The highest BCUT2D eigenvalue weighted by Gasteiger charge is 2.47. The molecule has 0 spiro atoms. The van der Waals surface area contributed by atoms with Crippen LogP contribution in [-0.2, 0) is 4.79 Å². The Morgan fingerprint density at radius 3 is 2.29 bits per heavy atom. The van der Waals surface area contributed by atoms with E-state index in [1.54, 1.807) is 0 Å². The van der Waals surface area contributed by atoms with Crippen LogP contribution < -0.4 is 16.8 Å². The average Bonchev–Trinajstić information content (AvgIpc) is 2.44. The van der Waals surface area contributed by atoms with Crippen molar-refractivity contribution in [3.05, 3.63) is 0 Å². The van der Waals surface area contributed by atoms with Gasteiger partial charge in [-0.3, -0.25) is 9.79 Å². The first-order valence-corrected chi connectivity index (χ1v) is 7.94. The average molecular weight is 298 g/mol. The third kappa shape index (κ3) is 4.57. The molecule has 120 valence electrons. The molecule has 0 aromatic rings. The highest BCUT2D eigenvalue weighted by molar-refractivity contribution is 5.77. The van der Waals surface area contributed by atoms with E-state index in [1.165, 1.54) is 24.1 Å². The summed E-state index contributed by atoms with van der Waals surface area (Å²) in [4.78, 5) is 16.0. The number of rotatable bonds is 7. The van der Waals surface area contributed by atoms with Crippen molar-refractivity contribution in [3.63, 3.8) is 0 Å². The molecule has 0 unspecified atom stereocenters. The van der Waals surface area contributed by atoms with Gasteiger partial charge in [0.15, 0.2) is 12.5 Å². The number of amides is 1. The maximum Gasteiger partial charge on any atom is 0.275 e. The minimum atomic E-state index is 0.135. The number of hydrogen-bond acceptors (Lipinski definition) is 2. The van der Waals surface area contributed by atoms with E-state index in [9.17, 15) is 4.79 Å². The van der Waals surface area contributed by atoms with Crippen LogP contribution in [0.3, 0.4) is 0 Å². The Hall–Kier alpha value is -1.34. The van der Waals surface area contributed by atoms with E-state index < -0.39 is 0 Å². The Morgan fingerprint density at radius 2 is 1.71 bits per heavy atom. The van der Waals surface area contributed by atoms with E-state index in [0.29, 0.717) is 19.6 Å². The van der Waals surface area contributed by atoms with E-state index in [-0.39, 0.29) is 11.9 Å². The third-order valence-corrected chi connectivity index (χ3v) is 5.02. The van der Waals surface area contributed by atoms with E-state index in [0.717, 1.165) is 37.0 Å². The van der Waals surface area contributed by atoms with Gasteiger partial charge in [-0.25, -0.2) is 0 Å². The van der Waals surface area contributed by atoms with Crippen LogP contribution in [0.4, 0.5) is 0 Å². The first-order valence-electron chi connectivity index (χ1n) is 7.94. The lowest BCUT2D eigenvalue weighted by atomic mass is 10.1. The number of hydrogen-bond donors (Lipinski definition) is 3. The zero-order chi connectivity index (χ0) is 15.3. The number of nitrogens with two attached hydrogens (primary N) is 2. The number of nitrogens with one attached hydrogen (secondary N) is 1.